The fraction of sp³-hybridized carbons (Fsp3) is 0. The van der Waals surface area contributed by atoms with E-state index in [2.05, 4.69) is 0 Å². The van der Waals surface area contributed by atoms with Gasteiger partial charge in [-0.2, -0.15) is 0 Å². The van der Waals surface area contributed by atoms with Gasteiger partial charge < -0.3 is 39.6 Å². The average Bonchev–Trinajstić information content (AvgIpc) is 1.92. The zero-order chi connectivity index (χ0) is 10.8. The molecule has 0 rings (SSSR count). The van der Waals surface area contributed by atoms with Crippen LogP contribution >= 0.6 is 0 Å². The van der Waals surface area contributed by atoms with Crippen molar-refractivity contribution in [3.63, 3.8) is 0 Å². The topological polar surface area (TPSA) is 161 Å². The van der Waals surface area contributed by atoms with Crippen molar-refractivity contribution in [2.75, 3.05) is 0 Å². The summed E-state index contributed by atoms with van der Waals surface area (Å²) >= 11 is 0. The summed E-state index contributed by atoms with van der Waals surface area (Å²) in [6.07, 6.45) is 0. The number of rotatable bonds is 0. The van der Waals surface area contributed by atoms with Crippen LogP contribution < -0.4 is 20.4 Å². The van der Waals surface area contributed by atoms with Gasteiger partial charge in [0.2, 0.25) is 0 Å². The van der Waals surface area contributed by atoms with Crippen LogP contribution in [0.15, 0.2) is 0 Å². The van der Waals surface area contributed by atoms with Gasteiger partial charge >= 0.3 is 7.43 Å². The van der Waals surface area contributed by atoms with E-state index >= 15 is 0 Å². The first-order chi connectivity index (χ1) is 5.66. The summed E-state index contributed by atoms with van der Waals surface area (Å²) in [6.45, 7) is -2.00. The smallest absolute Gasteiger partial charge is 0.554 e. The van der Waals surface area contributed by atoms with Gasteiger partial charge in [-0.05, 0) is 0 Å². The van der Waals surface area contributed by atoms with Gasteiger partial charge in [-0.25, -0.2) is 0 Å². The molecule has 0 aliphatic carbocycles. The van der Waals surface area contributed by atoms with E-state index in [1.165, 1.54) is 0 Å². The van der Waals surface area contributed by atoms with Crippen molar-refractivity contribution < 1.29 is 39.6 Å². The molecule has 0 saturated carbocycles. The Bertz CT molecular complexity index is 66.5. The van der Waals surface area contributed by atoms with Crippen LogP contribution in [0.3, 0.4) is 0 Å². The third-order valence-electron chi connectivity index (χ3n) is 0. The molecule has 0 aromatic rings. The van der Waals surface area contributed by atoms with Gasteiger partial charge in [0.05, 0.1) is 0 Å². The van der Waals surface area contributed by atoms with Gasteiger partial charge in [0.1, 0.15) is 0 Å². The SMILES string of the molecule is O=C[O-].O=C[O-].O=C[O-].O=C[O-].[C+4]. The summed E-state index contributed by atoms with van der Waals surface area (Å²) in [5.74, 6) is 0. The van der Waals surface area contributed by atoms with E-state index in [4.69, 9.17) is 39.6 Å². The molecule has 0 aliphatic rings. The van der Waals surface area contributed by atoms with Crippen molar-refractivity contribution >= 4 is 25.9 Å². The predicted octanol–water partition coefficient (Wildman–Crippen LogP) is -6.45. The molecular weight excluding hydrogens is 188 g/mol. The molecule has 0 atom stereocenters. The van der Waals surface area contributed by atoms with Gasteiger partial charge in [-0.3, -0.25) is 0 Å². The monoisotopic (exact) mass is 192 g/mol. The Morgan fingerprint density at radius 3 is 0.538 bits per heavy atom. The maximum Gasteiger partial charge on any atom is 4.00 e. The van der Waals surface area contributed by atoms with Crippen molar-refractivity contribution in [2.45, 2.75) is 0 Å². The molecule has 0 aliphatic heterocycles. The van der Waals surface area contributed by atoms with E-state index in [0.29, 0.717) is 0 Å². The maximum atomic E-state index is 8.25. The van der Waals surface area contributed by atoms with E-state index in [9.17, 15) is 0 Å². The zero-order valence-corrected chi connectivity index (χ0v) is 6.08. The molecule has 0 heterocycles. The van der Waals surface area contributed by atoms with E-state index in [1.807, 2.05) is 0 Å². The van der Waals surface area contributed by atoms with E-state index in [1.54, 1.807) is 0 Å². The number of carboxylic acid groups (broad SMARTS) is 4. The second-order valence-electron chi connectivity index (χ2n) is 0.385. The summed E-state index contributed by atoms with van der Waals surface area (Å²) in [5, 5.41) is 33.0. The van der Waals surface area contributed by atoms with Crippen LogP contribution in [-0.2, 0) is 19.2 Å². The molecule has 0 N–H and O–H groups in total. The minimum absolute atomic E-state index is 0. The Balaban J connectivity index is -0.0000000213. The minimum atomic E-state index is -0.500. The molecule has 0 fully saturated rings. The molecule has 0 aromatic heterocycles. The van der Waals surface area contributed by atoms with Gasteiger partial charge in [0.25, 0.3) is 0 Å². The third kappa shape index (κ3) is 137. The summed E-state index contributed by atoms with van der Waals surface area (Å²) in [7, 11) is 0. The molecule has 13 heavy (non-hydrogen) atoms. The quantitative estimate of drug-likeness (QED) is 0.342. The molecule has 0 radical (unpaired) electrons. The first-order valence-corrected chi connectivity index (χ1v) is 1.89. The van der Waals surface area contributed by atoms with Crippen LogP contribution in [0.2, 0.25) is 0 Å². The Labute approximate surface area is 74.0 Å². The van der Waals surface area contributed by atoms with E-state index in [0.717, 1.165) is 0 Å². The largest absolute Gasteiger partial charge is 4.00 e. The molecule has 8 nitrogen and oxygen atoms in total. The van der Waals surface area contributed by atoms with Crippen LogP contribution in [-0.4, -0.2) is 25.9 Å². The molecule has 0 unspecified atom stereocenters. The first-order valence-electron chi connectivity index (χ1n) is 1.89. The van der Waals surface area contributed by atoms with Crippen molar-refractivity contribution in [1.29, 1.82) is 0 Å². The molecular formula is C5H4O8. The average molecular weight is 192 g/mol. The molecule has 0 saturated heterocycles. The Hall–Kier alpha value is -2.12. The fourth-order valence-corrected chi connectivity index (χ4v) is 0. The molecule has 0 bridgehead atoms. The van der Waals surface area contributed by atoms with E-state index in [-0.39, 0.29) is 7.43 Å². The molecule has 8 heteroatoms. The number of hydrogen-bond donors (Lipinski definition) is 0. The van der Waals surface area contributed by atoms with Crippen LogP contribution in [0.1, 0.15) is 0 Å². The molecule has 0 amide bonds. The summed E-state index contributed by atoms with van der Waals surface area (Å²) < 4.78 is 0. The summed E-state index contributed by atoms with van der Waals surface area (Å²) in [6, 6.07) is 0. The van der Waals surface area contributed by atoms with Crippen molar-refractivity contribution in [3.8, 4) is 0 Å². The first kappa shape index (κ1) is 30.7. The maximum absolute atomic E-state index is 8.25. The molecule has 0 aromatic carbocycles. The van der Waals surface area contributed by atoms with Crippen molar-refractivity contribution in [1.82, 2.24) is 0 Å². The van der Waals surface area contributed by atoms with Crippen LogP contribution in [0.5, 0.6) is 0 Å². The minimum Gasteiger partial charge on any atom is -0.554 e. The van der Waals surface area contributed by atoms with Crippen molar-refractivity contribution in [2.24, 2.45) is 0 Å². The number of hydrogen-bond acceptors (Lipinski definition) is 8. The van der Waals surface area contributed by atoms with Gasteiger partial charge in [0, 0.05) is 25.9 Å². The fourth-order valence-electron chi connectivity index (χ4n) is 0. The van der Waals surface area contributed by atoms with Gasteiger partial charge in [-0.1, -0.05) is 0 Å². The van der Waals surface area contributed by atoms with Crippen LogP contribution in [0.4, 0.5) is 0 Å². The number of carbonyl (C=O) groups excluding carboxylic acids is 4. The van der Waals surface area contributed by atoms with Crippen molar-refractivity contribution in [3.05, 3.63) is 7.43 Å². The normalized spacial score (nSPS) is 3.69. The standard InChI is InChI=1S/4CH2O2.C/c4*2-1-3;/h4*1H,(H,2,3);/q;;;;+4/p-4. The van der Waals surface area contributed by atoms with Gasteiger partial charge in [0.15, 0.2) is 0 Å². The zero-order valence-electron chi connectivity index (χ0n) is 6.08. The second-order valence-corrected chi connectivity index (χ2v) is 0.385. The van der Waals surface area contributed by atoms with Gasteiger partial charge in [-0.15, -0.1) is 0 Å². The molecule has 0 spiro atoms. The Morgan fingerprint density at radius 2 is 0.538 bits per heavy atom. The van der Waals surface area contributed by atoms with Crippen LogP contribution in [0.25, 0.3) is 0 Å². The summed E-state index contributed by atoms with van der Waals surface area (Å²) in [5.41, 5.74) is 0. The summed E-state index contributed by atoms with van der Waals surface area (Å²) in [4.78, 5) is 33.0. The predicted molar refractivity (Wildman–Crippen MR) is 27.5 cm³/mol. The Kier molecular flexibility index (Phi) is 521. The van der Waals surface area contributed by atoms with E-state index < -0.39 is 25.9 Å². The van der Waals surface area contributed by atoms with Crippen LogP contribution in [0, 0.1) is 7.43 Å². The Morgan fingerprint density at radius 1 is 0.538 bits per heavy atom. The molecule has 72 valence electrons. The second kappa shape index (κ2) is 220. The number of carbonyl (C=O) groups is 4. The third-order valence-corrected chi connectivity index (χ3v) is 0.